The second-order valence-electron chi connectivity index (χ2n) is 13.4. The maximum Gasteiger partial charge on any atom is 0.335 e. The first-order chi connectivity index (χ1) is 21.9. The van der Waals surface area contributed by atoms with Crippen LogP contribution in [0.15, 0.2) is 30.4 Å². The summed E-state index contributed by atoms with van der Waals surface area (Å²) in [6, 6.07) is 4.19. The quantitative estimate of drug-likeness (QED) is 0.119. The zero-order chi connectivity index (χ0) is 35.1. The Kier molecular flexibility index (Phi) is 12.6. The molecule has 1 aromatic carbocycles. The fourth-order valence-electron chi connectivity index (χ4n) is 5.76. The van der Waals surface area contributed by atoms with E-state index in [0.717, 1.165) is 6.42 Å². The number of carbonyl (C=O) groups is 5. The van der Waals surface area contributed by atoms with Gasteiger partial charge in [-0.05, 0) is 47.8 Å². The van der Waals surface area contributed by atoms with E-state index in [1.807, 2.05) is 13.8 Å². The number of hydrogen-bond donors (Lipinski definition) is 7. The van der Waals surface area contributed by atoms with Gasteiger partial charge in [-0.1, -0.05) is 33.8 Å². The molecule has 0 radical (unpaired) electrons. The van der Waals surface area contributed by atoms with Crippen molar-refractivity contribution < 1.29 is 59.0 Å². The number of carboxylic acids is 1. The lowest BCUT2D eigenvalue weighted by Crippen LogP contribution is -2.61. The van der Waals surface area contributed by atoms with E-state index in [9.17, 15) is 49.5 Å². The number of rotatable bonds is 16. The van der Waals surface area contributed by atoms with Crippen molar-refractivity contribution in [1.29, 1.82) is 0 Å². The molecule has 15 heteroatoms. The summed E-state index contributed by atoms with van der Waals surface area (Å²) in [6.45, 7) is 8.18. The maximum atomic E-state index is 12.7. The number of imide groups is 1. The van der Waals surface area contributed by atoms with Crippen LogP contribution in [0, 0.1) is 10.8 Å². The third-order valence-corrected chi connectivity index (χ3v) is 8.13. The standard InChI is InChI=1S/C32H45N3O12/c1-31(2,17-32(3,4)12-14-35-23(39)7-8-24(35)40)11-9-21(37)33-13-10-22(38)34-19-15-18(16-36)5-6-20(19)46-30-27(43)25(41)26(42)28(47-30)29(44)45/h5-8,15,25-28,30,36,41-43H,9-14,16-17H2,1-4H3,(H,33,37)(H,34,38)(H,44,45)/t25-,26-,27+,28-,30+/m0/s1. The fourth-order valence-corrected chi connectivity index (χ4v) is 5.76. The molecule has 15 nitrogen and oxygen atoms in total. The van der Waals surface area contributed by atoms with E-state index in [1.165, 1.54) is 35.3 Å². The molecule has 260 valence electrons. The summed E-state index contributed by atoms with van der Waals surface area (Å²) in [5, 5.41) is 54.4. The molecule has 0 saturated carbocycles. The normalized spacial score (nSPS) is 23.1. The summed E-state index contributed by atoms with van der Waals surface area (Å²) in [4.78, 5) is 61.7. The molecule has 7 N–H and O–H groups in total. The van der Waals surface area contributed by atoms with Crippen molar-refractivity contribution in [2.24, 2.45) is 10.8 Å². The first-order valence-corrected chi connectivity index (χ1v) is 15.4. The molecule has 4 amide bonds. The first-order valence-electron chi connectivity index (χ1n) is 15.4. The van der Waals surface area contributed by atoms with Crippen LogP contribution in [0.25, 0.3) is 0 Å². The van der Waals surface area contributed by atoms with Gasteiger partial charge in [-0.15, -0.1) is 0 Å². The minimum Gasteiger partial charge on any atom is -0.479 e. The lowest BCUT2D eigenvalue weighted by molar-refractivity contribution is -0.271. The summed E-state index contributed by atoms with van der Waals surface area (Å²) in [6.07, 6.45) is -4.66. The summed E-state index contributed by atoms with van der Waals surface area (Å²) in [7, 11) is 0. The van der Waals surface area contributed by atoms with Crippen LogP contribution in [0.3, 0.4) is 0 Å². The third kappa shape index (κ3) is 10.6. The monoisotopic (exact) mass is 663 g/mol. The number of carbonyl (C=O) groups excluding carboxylic acids is 4. The Bertz CT molecular complexity index is 1340. The molecular weight excluding hydrogens is 618 g/mol. The Morgan fingerprint density at radius 1 is 0.915 bits per heavy atom. The number of nitrogens with one attached hydrogen (secondary N) is 2. The number of ether oxygens (including phenoxy) is 2. The summed E-state index contributed by atoms with van der Waals surface area (Å²) >= 11 is 0. The number of hydrogen-bond acceptors (Lipinski definition) is 11. The largest absolute Gasteiger partial charge is 0.479 e. The third-order valence-electron chi connectivity index (χ3n) is 8.13. The highest BCUT2D eigenvalue weighted by Crippen LogP contribution is 2.39. The average molecular weight is 664 g/mol. The van der Waals surface area contributed by atoms with E-state index in [-0.39, 0.29) is 66.0 Å². The van der Waals surface area contributed by atoms with Gasteiger partial charge in [0.25, 0.3) is 11.8 Å². The highest BCUT2D eigenvalue weighted by molar-refractivity contribution is 6.12. The van der Waals surface area contributed by atoms with Crippen molar-refractivity contribution >= 4 is 35.3 Å². The smallest absolute Gasteiger partial charge is 0.335 e. The summed E-state index contributed by atoms with van der Waals surface area (Å²) < 4.78 is 10.7. The number of aliphatic carboxylic acids is 1. The van der Waals surface area contributed by atoms with Gasteiger partial charge in [-0.3, -0.25) is 24.1 Å². The van der Waals surface area contributed by atoms with Gasteiger partial charge in [0.1, 0.15) is 24.1 Å². The lowest BCUT2D eigenvalue weighted by atomic mass is 9.71. The second-order valence-corrected chi connectivity index (χ2v) is 13.4. The van der Waals surface area contributed by atoms with Crippen molar-refractivity contribution in [3.8, 4) is 5.75 Å². The van der Waals surface area contributed by atoms with Crippen molar-refractivity contribution in [3.63, 3.8) is 0 Å². The van der Waals surface area contributed by atoms with E-state index in [1.54, 1.807) is 0 Å². The zero-order valence-electron chi connectivity index (χ0n) is 27.0. The van der Waals surface area contributed by atoms with E-state index in [0.29, 0.717) is 24.9 Å². The number of anilines is 1. The van der Waals surface area contributed by atoms with E-state index < -0.39 is 42.6 Å². The highest BCUT2D eigenvalue weighted by Gasteiger charge is 2.48. The van der Waals surface area contributed by atoms with Crippen LogP contribution >= 0.6 is 0 Å². The molecule has 3 rings (SSSR count). The van der Waals surface area contributed by atoms with E-state index >= 15 is 0 Å². The number of benzene rings is 1. The van der Waals surface area contributed by atoms with E-state index in [4.69, 9.17) is 9.47 Å². The molecule has 2 heterocycles. The van der Waals surface area contributed by atoms with Crippen LogP contribution in [0.2, 0.25) is 0 Å². The van der Waals surface area contributed by atoms with Crippen LogP contribution in [-0.4, -0.2) is 104 Å². The number of amides is 4. The maximum absolute atomic E-state index is 12.7. The Morgan fingerprint density at radius 2 is 1.55 bits per heavy atom. The molecule has 0 unspecified atom stereocenters. The molecule has 1 saturated heterocycles. The molecule has 47 heavy (non-hydrogen) atoms. The van der Waals surface area contributed by atoms with Crippen molar-refractivity contribution in [1.82, 2.24) is 10.2 Å². The predicted molar refractivity (Wildman–Crippen MR) is 165 cm³/mol. The van der Waals surface area contributed by atoms with Crippen LogP contribution < -0.4 is 15.4 Å². The second kappa shape index (κ2) is 15.8. The van der Waals surface area contributed by atoms with Gasteiger partial charge >= 0.3 is 5.97 Å². The highest BCUT2D eigenvalue weighted by atomic mass is 16.7. The van der Waals surface area contributed by atoms with Crippen LogP contribution in [0.5, 0.6) is 5.75 Å². The number of carboxylic acid groups (broad SMARTS) is 1. The number of aliphatic hydroxyl groups excluding tert-OH is 4. The van der Waals surface area contributed by atoms with Crippen molar-refractivity contribution in [2.75, 3.05) is 18.4 Å². The molecule has 0 spiro atoms. The van der Waals surface area contributed by atoms with Gasteiger partial charge in [-0.25, -0.2) is 4.79 Å². The van der Waals surface area contributed by atoms with E-state index in [2.05, 4.69) is 24.5 Å². The molecule has 2 aliphatic rings. The van der Waals surface area contributed by atoms with Gasteiger partial charge in [0.15, 0.2) is 6.10 Å². The fraction of sp³-hybridized carbons (Fsp3) is 0.594. The minimum absolute atomic E-state index is 0.0211. The first kappa shape index (κ1) is 37.6. The molecule has 0 aliphatic carbocycles. The van der Waals surface area contributed by atoms with Gasteiger partial charge < -0.3 is 45.6 Å². The Morgan fingerprint density at radius 3 is 2.17 bits per heavy atom. The molecule has 1 aromatic rings. The van der Waals surface area contributed by atoms with Gasteiger partial charge in [0.2, 0.25) is 18.1 Å². The van der Waals surface area contributed by atoms with Crippen molar-refractivity contribution in [2.45, 2.75) is 97.1 Å². The number of nitrogens with zero attached hydrogens (tertiary/aromatic N) is 1. The predicted octanol–water partition coefficient (Wildman–Crippen LogP) is 0.433. The van der Waals surface area contributed by atoms with Crippen LogP contribution in [0.1, 0.15) is 65.4 Å². The average Bonchev–Trinajstić information content (AvgIpc) is 3.31. The molecule has 0 bridgehead atoms. The summed E-state index contributed by atoms with van der Waals surface area (Å²) in [5.74, 6) is -3.05. The summed E-state index contributed by atoms with van der Waals surface area (Å²) in [5.41, 5.74) is 0.0239. The van der Waals surface area contributed by atoms with Crippen molar-refractivity contribution in [3.05, 3.63) is 35.9 Å². The molecule has 0 aromatic heterocycles. The molecular formula is C32H45N3O12. The van der Waals surface area contributed by atoms with Gasteiger partial charge in [-0.2, -0.15) is 0 Å². The minimum atomic E-state index is -1.91. The zero-order valence-corrected chi connectivity index (χ0v) is 27.0. The molecule has 2 aliphatic heterocycles. The van der Waals surface area contributed by atoms with Gasteiger partial charge in [0.05, 0.1) is 12.3 Å². The molecule has 5 atom stereocenters. The lowest BCUT2D eigenvalue weighted by Gasteiger charge is -2.38. The topological polar surface area (TPSA) is 232 Å². The SMILES string of the molecule is CC(C)(CCC(=O)NCCC(=O)Nc1cc(CO)ccc1O[C@@H]1O[C@H](C(=O)O)[C@@H](O)[C@H](O)[C@H]1O)CC(C)(C)CCN1C(=O)C=CC1=O. The Labute approximate surface area is 272 Å². The Balaban J connectivity index is 1.48. The van der Waals surface area contributed by atoms with Crippen LogP contribution in [-0.2, 0) is 35.3 Å². The molecule has 1 fully saturated rings. The Hall–Kier alpha value is -3.89. The van der Waals surface area contributed by atoms with Crippen LogP contribution in [0.4, 0.5) is 5.69 Å². The number of aliphatic hydroxyl groups is 4. The van der Waals surface area contributed by atoms with Gasteiger partial charge in [0, 0.05) is 38.1 Å².